The molecule has 0 bridgehead atoms. The van der Waals surface area contributed by atoms with Gasteiger partial charge in [0.25, 0.3) is 0 Å². The van der Waals surface area contributed by atoms with Crippen LogP contribution in [0.4, 0.5) is 0 Å². The Labute approximate surface area is 91.2 Å². The Morgan fingerprint density at radius 1 is 1.07 bits per heavy atom. The number of hydrogen-bond donors (Lipinski definition) is 1. The minimum atomic E-state index is -0.482. The topological polar surface area (TPSA) is 44.5 Å². The Kier molecular flexibility index (Phi) is 3.25. The van der Waals surface area contributed by atoms with Crippen molar-refractivity contribution in [3.05, 3.63) is 23.3 Å². The summed E-state index contributed by atoms with van der Waals surface area (Å²) >= 11 is 0. The van der Waals surface area contributed by atoms with Gasteiger partial charge in [0.05, 0.1) is 19.8 Å². The molecule has 0 aliphatic carbocycles. The molecule has 0 amide bonds. The lowest BCUT2D eigenvalue weighted by molar-refractivity contribution is 0.363. The van der Waals surface area contributed by atoms with Crippen LogP contribution in [0.5, 0.6) is 11.5 Å². The Bertz CT molecular complexity index is 328. The minimum absolute atomic E-state index is 0.482. The second-order valence-electron chi connectivity index (χ2n) is 4.27. The highest BCUT2D eigenvalue weighted by Crippen LogP contribution is 2.37. The fraction of sp³-hybridized carbons (Fsp3) is 0.500. The molecular formula is C12H19NO2. The van der Waals surface area contributed by atoms with Crippen LogP contribution in [-0.2, 0) is 5.54 Å². The summed E-state index contributed by atoms with van der Waals surface area (Å²) in [6, 6.07) is 3.93. The predicted molar refractivity (Wildman–Crippen MR) is 61.5 cm³/mol. The van der Waals surface area contributed by atoms with Gasteiger partial charge in [-0.05, 0) is 38.5 Å². The van der Waals surface area contributed by atoms with E-state index in [0.717, 1.165) is 22.6 Å². The summed E-state index contributed by atoms with van der Waals surface area (Å²) in [5.74, 6) is 1.55. The quantitative estimate of drug-likeness (QED) is 0.830. The van der Waals surface area contributed by atoms with Gasteiger partial charge in [0.1, 0.15) is 11.5 Å². The molecule has 1 rings (SSSR count). The van der Waals surface area contributed by atoms with Crippen molar-refractivity contribution in [2.24, 2.45) is 5.73 Å². The zero-order valence-electron chi connectivity index (χ0n) is 10.0. The van der Waals surface area contributed by atoms with Gasteiger partial charge in [-0.25, -0.2) is 0 Å². The molecule has 3 nitrogen and oxygen atoms in total. The summed E-state index contributed by atoms with van der Waals surface area (Å²) in [5, 5.41) is 0. The number of methoxy groups -OCH3 is 2. The molecule has 15 heavy (non-hydrogen) atoms. The van der Waals surface area contributed by atoms with Crippen molar-refractivity contribution in [2.75, 3.05) is 14.2 Å². The van der Waals surface area contributed by atoms with Crippen LogP contribution in [0.15, 0.2) is 12.1 Å². The number of benzene rings is 1. The van der Waals surface area contributed by atoms with E-state index >= 15 is 0 Å². The highest BCUT2D eigenvalue weighted by atomic mass is 16.5. The normalized spacial score (nSPS) is 11.3. The van der Waals surface area contributed by atoms with Gasteiger partial charge in [0.15, 0.2) is 0 Å². The van der Waals surface area contributed by atoms with Gasteiger partial charge in [-0.2, -0.15) is 0 Å². The fourth-order valence-corrected chi connectivity index (χ4v) is 1.68. The molecule has 3 heteroatoms. The molecule has 0 aromatic heterocycles. The summed E-state index contributed by atoms with van der Waals surface area (Å²) in [5.41, 5.74) is 7.61. The van der Waals surface area contributed by atoms with E-state index in [2.05, 4.69) is 0 Å². The monoisotopic (exact) mass is 209 g/mol. The molecule has 0 saturated heterocycles. The zero-order chi connectivity index (χ0) is 11.6. The van der Waals surface area contributed by atoms with Crippen molar-refractivity contribution in [3.8, 4) is 11.5 Å². The van der Waals surface area contributed by atoms with Crippen LogP contribution in [0, 0.1) is 6.92 Å². The third-order valence-electron chi connectivity index (χ3n) is 2.29. The maximum Gasteiger partial charge on any atom is 0.127 e. The number of rotatable bonds is 3. The molecule has 1 aromatic carbocycles. The molecule has 0 saturated carbocycles. The molecular weight excluding hydrogens is 190 g/mol. The van der Waals surface area contributed by atoms with E-state index in [4.69, 9.17) is 15.2 Å². The minimum Gasteiger partial charge on any atom is -0.496 e. The maximum absolute atomic E-state index is 6.10. The first-order chi connectivity index (χ1) is 6.90. The SMILES string of the molecule is COc1cc(C)cc(OC)c1C(C)(C)N. The van der Waals surface area contributed by atoms with Crippen molar-refractivity contribution in [1.82, 2.24) is 0 Å². The molecule has 0 spiro atoms. The lowest BCUT2D eigenvalue weighted by atomic mass is 9.92. The molecule has 0 aliphatic heterocycles. The summed E-state index contributed by atoms with van der Waals surface area (Å²) in [6.45, 7) is 5.86. The van der Waals surface area contributed by atoms with Crippen LogP contribution in [-0.4, -0.2) is 14.2 Å². The summed E-state index contributed by atoms with van der Waals surface area (Å²) < 4.78 is 10.7. The van der Waals surface area contributed by atoms with E-state index in [0.29, 0.717) is 0 Å². The highest BCUT2D eigenvalue weighted by Gasteiger charge is 2.24. The summed E-state index contributed by atoms with van der Waals surface area (Å²) in [7, 11) is 3.28. The van der Waals surface area contributed by atoms with Crippen LogP contribution in [0.1, 0.15) is 25.0 Å². The Morgan fingerprint density at radius 2 is 1.47 bits per heavy atom. The molecule has 0 unspecified atom stereocenters. The van der Waals surface area contributed by atoms with Gasteiger partial charge >= 0.3 is 0 Å². The van der Waals surface area contributed by atoms with E-state index in [9.17, 15) is 0 Å². The fourth-order valence-electron chi connectivity index (χ4n) is 1.68. The Morgan fingerprint density at radius 3 is 1.73 bits per heavy atom. The van der Waals surface area contributed by atoms with Crippen molar-refractivity contribution in [1.29, 1.82) is 0 Å². The largest absolute Gasteiger partial charge is 0.496 e. The lowest BCUT2D eigenvalue weighted by Gasteiger charge is -2.25. The Hall–Kier alpha value is -1.22. The van der Waals surface area contributed by atoms with Crippen LogP contribution in [0.3, 0.4) is 0 Å². The predicted octanol–water partition coefficient (Wildman–Crippen LogP) is 2.21. The van der Waals surface area contributed by atoms with Crippen molar-refractivity contribution in [3.63, 3.8) is 0 Å². The van der Waals surface area contributed by atoms with Gasteiger partial charge in [-0.1, -0.05) is 0 Å². The standard InChI is InChI=1S/C12H19NO2/c1-8-6-9(14-4)11(12(2,3)13)10(7-8)15-5/h6-7H,13H2,1-5H3. The lowest BCUT2D eigenvalue weighted by Crippen LogP contribution is -2.30. The van der Waals surface area contributed by atoms with E-state index in [-0.39, 0.29) is 0 Å². The van der Waals surface area contributed by atoms with Gasteiger partial charge in [-0.3, -0.25) is 0 Å². The number of nitrogens with two attached hydrogens (primary N) is 1. The summed E-state index contributed by atoms with van der Waals surface area (Å²) in [4.78, 5) is 0. The van der Waals surface area contributed by atoms with Crippen LogP contribution in [0.25, 0.3) is 0 Å². The average molecular weight is 209 g/mol. The first kappa shape index (κ1) is 11.9. The first-order valence-electron chi connectivity index (χ1n) is 4.92. The van der Waals surface area contributed by atoms with Crippen LogP contribution < -0.4 is 15.2 Å². The molecule has 84 valence electrons. The van der Waals surface area contributed by atoms with Crippen molar-refractivity contribution in [2.45, 2.75) is 26.3 Å². The molecule has 0 atom stereocenters. The van der Waals surface area contributed by atoms with E-state index < -0.39 is 5.54 Å². The molecule has 2 N–H and O–H groups in total. The number of hydrogen-bond acceptors (Lipinski definition) is 3. The second kappa shape index (κ2) is 4.11. The number of ether oxygens (including phenoxy) is 2. The Balaban J connectivity index is 3.44. The van der Waals surface area contributed by atoms with E-state index in [1.807, 2.05) is 32.9 Å². The summed E-state index contributed by atoms with van der Waals surface area (Å²) in [6.07, 6.45) is 0. The van der Waals surface area contributed by atoms with Crippen molar-refractivity contribution < 1.29 is 9.47 Å². The van der Waals surface area contributed by atoms with E-state index in [1.165, 1.54) is 0 Å². The van der Waals surface area contributed by atoms with Crippen LogP contribution in [0.2, 0.25) is 0 Å². The van der Waals surface area contributed by atoms with Crippen LogP contribution >= 0.6 is 0 Å². The average Bonchev–Trinajstić information content (AvgIpc) is 2.14. The van der Waals surface area contributed by atoms with Gasteiger partial charge in [0, 0.05) is 5.54 Å². The maximum atomic E-state index is 6.10. The highest BCUT2D eigenvalue weighted by molar-refractivity contribution is 5.51. The zero-order valence-corrected chi connectivity index (χ0v) is 10.0. The van der Waals surface area contributed by atoms with Gasteiger partial charge < -0.3 is 15.2 Å². The molecule has 0 fully saturated rings. The van der Waals surface area contributed by atoms with Crippen molar-refractivity contribution >= 4 is 0 Å². The van der Waals surface area contributed by atoms with Gasteiger partial charge in [0.2, 0.25) is 0 Å². The van der Waals surface area contributed by atoms with E-state index in [1.54, 1.807) is 14.2 Å². The molecule has 0 radical (unpaired) electrons. The third kappa shape index (κ3) is 2.42. The number of aryl methyl sites for hydroxylation is 1. The molecule has 1 aromatic rings. The van der Waals surface area contributed by atoms with Gasteiger partial charge in [-0.15, -0.1) is 0 Å². The molecule has 0 aliphatic rings. The second-order valence-corrected chi connectivity index (χ2v) is 4.27. The first-order valence-corrected chi connectivity index (χ1v) is 4.92. The third-order valence-corrected chi connectivity index (χ3v) is 2.29. The molecule has 0 heterocycles. The smallest absolute Gasteiger partial charge is 0.127 e.